The molecule has 3 heteroatoms. The summed E-state index contributed by atoms with van der Waals surface area (Å²) in [7, 11) is 0. The zero-order valence-corrected chi connectivity index (χ0v) is 11.9. The fourth-order valence-electron chi connectivity index (χ4n) is 5.70. The van der Waals surface area contributed by atoms with Gasteiger partial charge in [0.25, 0.3) is 0 Å². The first-order valence-corrected chi connectivity index (χ1v) is 7.98. The van der Waals surface area contributed by atoms with Crippen LogP contribution >= 0.6 is 0 Å². The van der Waals surface area contributed by atoms with Crippen molar-refractivity contribution >= 4 is 5.82 Å². The summed E-state index contributed by atoms with van der Waals surface area (Å²) in [5.41, 5.74) is 7.76. The molecule has 4 aliphatic carbocycles. The maximum Gasteiger partial charge on any atom is 0.145 e. The van der Waals surface area contributed by atoms with Crippen LogP contribution in [-0.2, 0) is 13.0 Å². The number of aryl methyl sites for hydroxylation is 1. The van der Waals surface area contributed by atoms with Gasteiger partial charge < -0.3 is 5.73 Å². The number of nitrogen functional groups attached to an aromatic ring is 1. The first-order valence-electron chi connectivity index (χ1n) is 7.98. The molecule has 0 saturated heterocycles. The second-order valence-electron chi connectivity index (χ2n) is 7.49. The number of hydrogen-bond donors (Lipinski definition) is 1. The predicted molar refractivity (Wildman–Crippen MR) is 76.6 cm³/mol. The van der Waals surface area contributed by atoms with E-state index in [2.05, 4.69) is 22.8 Å². The number of anilines is 1. The average molecular weight is 259 g/mol. The highest BCUT2D eigenvalue weighted by molar-refractivity contribution is 5.29. The van der Waals surface area contributed by atoms with Gasteiger partial charge in [-0.2, -0.15) is 5.10 Å². The molecule has 1 aromatic rings. The molecule has 1 aromatic heterocycles. The van der Waals surface area contributed by atoms with Crippen LogP contribution in [0.1, 0.15) is 51.1 Å². The molecular formula is C16H25N3. The molecule has 19 heavy (non-hydrogen) atoms. The van der Waals surface area contributed by atoms with Crippen LogP contribution < -0.4 is 5.73 Å². The second-order valence-corrected chi connectivity index (χ2v) is 7.49. The molecule has 5 rings (SSSR count). The summed E-state index contributed by atoms with van der Waals surface area (Å²) in [4.78, 5) is 0. The van der Waals surface area contributed by atoms with E-state index in [1.807, 2.05) is 0 Å². The molecule has 1 heterocycles. The van der Waals surface area contributed by atoms with Crippen molar-refractivity contribution in [1.29, 1.82) is 0 Å². The van der Waals surface area contributed by atoms with Crippen molar-refractivity contribution in [3.63, 3.8) is 0 Å². The van der Waals surface area contributed by atoms with Crippen molar-refractivity contribution in [2.45, 2.75) is 58.4 Å². The van der Waals surface area contributed by atoms with Crippen molar-refractivity contribution < 1.29 is 0 Å². The molecule has 4 saturated carbocycles. The molecule has 0 spiro atoms. The lowest BCUT2D eigenvalue weighted by Gasteiger charge is -2.56. The van der Waals surface area contributed by atoms with Gasteiger partial charge in [-0.15, -0.1) is 0 Å². The Morgan fingerprint density at radius 1 is 1.21 bits per heavy atom. The van der Waals surface area contributed by atoms with Gasteiger partial charge in [0.2, 0.25) is 0 Å². The number of hydrogen-bond acceptors (Lipinski definition) is 2. The molecule has 0 aromatic carbocycles. The minimum atomic E-state index is 0.553. The van der Waals surface area contributed by atoms with Gasteiger partial charge >= 0.3 is 0 Å². The summed E-state index contributed by atoms with van der Waals surface area (Å²) in [6.45, 7) is 3.32. The molecule has 4 bridgehead atoms. The minimum Gasteiger partial charge on any atom is -0.382 e. The van der Waals surface area contributed by atoms with E-state index in [0.717, 1.165) is 30.7 Å². The number of nitrogens with two attached hydrogens (primary N) is 1. The predicted octanol–water partition coefficient (Wildman–Crippen LogP) is 3.24. The third kappa shape index (κ3) is 1.89. The highest BCUT2D eigenvalue weighted by Gasteiger charge is 2.51. The van der Waals surface area contributed by atoms with E-state index < -0.39 is 0 Å². The topological polar surface area (TPSA) is 43.8 Å². The molecule has 4 aliphatic rings. The molecule has 0 radical (unpaired) electrons. The zero-order valence-electron chi connectivity index (χ0n) is 11.9. The fraction of sp³-hybridized carbons (Fsp3) is 0.812. The summed E-state index contributed by atoms with van der Waals surface area (Å²) in [6.07, 6.45) is 9.92. The Labute approximate surface area is 115 Å². The van der Waals surface area contributed by atoms with Crippen LogP contribution in [-0.4, -0.2) is 9.78 Å². The van der Waals surface area contributed by atoms with Crippen molar-refractivity contribution in [1.82, 2.24) is 9.78 Å². The van der Waals surface area contributed by atoms with Gasteiger partial charge in [0.15, 0.2) is 0 Å². The first-order chi connectivity index (χ1) is 9.16. The molecule has 4 fully saturated rings. The lowest BCUT2D eigenvalue weighted by atomic mass is 9.49. The van der Waals surface area contributed by atoms with Crippen molar-refractivity contribution in [3.8, 4) is 0 Å². The van der Waals surface area contributed by atoms with Crippen LogP contribution in [0.2, 0.25) is 0 Å². The van der Waals surface area contributed by atoms with E-state index in [1.54, 1.807) is 0 Å². The quantitative estimate of drug-likeness (QED) is 0.905. The standard InChI is InChI=1S/C16H25N3/c1-2-14-6-15(17)18-19(14)10-16-7-11-3-12(8-16)5-13(4-11)9-16/h6,11-13H,2-5,7-10H2,1H3,(H2,17,18). The Hall–Kier alpha value is -0.990. The Balaban J connectivity index is 1.62. The molecule has 3 nitrogen and oxygen atoms in total. The van der Waals surface area contributed by atoms with E-state index in [9.17, 15) is 0 Å². The van der Waals surface area contributed by atoms with Crippen LogP contribution in [0.3, 0.4) is 0 Å². The van der Waals surface area contributed by atoms with Gasteiger partial charge in [-0.25, -0.2) is 0 Å². The van der Waals surface area contributed by atoms with E-state index in [1.165, 1.54) is 44.2 Å². The van der Waals surface area contributed by atoms with E-state index in [-0.39, 0.29) is 0 Å². The van der Waals surface area contributed by atoms with Crippen LogP contribution in [0.5, 0.6) is 0 Å². The lowest BCUT2D eigenvalue weighted by Crippen LogP contribution is -2.48. The molecule has 104 valence electrons. The monoisotopic (exact) mass is 259 g/mol. The Morgan fingerprint density at radius 3 is 2.32 bits per heavy atom. The number of rotatable bonds is 3. The number of aromatic nitrogens is 2. The molecule has 2 N–H and O–H groups in total. The SMILES string of the molecule is CCc1cc(N)nn1CC12CC3CC(CC(C3)C1)C2. The van der Waals surface area contributed by atoms with Gasteiger partial charge in [-0.05, 0) is 68.1 Å². The van der Waals surface area contributed by atoms with E-state index >= 15 is 0 Å². The van der Waals surface area contributed by atoms with Gasteiger partial charge in [-0.1, -0.05) is 6.92 Å². The third-order valence-corrected chi connectivity index (χ3v) is 5.89. The minimum absolute atomic E-state index is 0.553. The summed E-state index contributed by atoms with van der Waals surface area (Å²) in [5.74, 6) is 3.75. The molecule has 0 aliphatic heterocycles. The van der Waals surface area contributed by atoms with Gasteiger partial charge in [-0.3, -0.25) is 4.68 Å². The van der Waals surface area contributed by atoms with Crippen LogP contribution in [0.4, 0.5) is 5.82 Å². The largest absolute Gasteiger partial charge is 0.382 e. The summed E-state index contributed by atoms with van der Waals surface area (Å²) in [6, 6.07) is 2.06. The molecule has 0 atom stereocenters. The summed E-state index contributed by atoms with van der Waals surface area (Å²) in [5, 5.41) is 4.55. The van der Waals surface area contributed by atoms with Gasteiger partial charge in [0.05, 0.1) is 0 Å². The Morgan fingerprint density at radius 2 is 1.79 bits per heavy atom. The van der Waals surface area contributed by atoms with Gasteiger partial charge in [0, 0.05) is 18.3 Å². The Bertz CT molecular complexity index is 453. The lowest BCUT2D eigenvalue weighted by molar-refractivity contribution is -0.0638. The van der Waals surface area contributed by atoms with Crippen molar-refractivity contribution in [2.75, 3.05) is 5.73 Å². The molecule has 0 amide bonds. The number of nitrogens with zero attached hydrogens (tertiary/aromatic N) is 2. The first kappa shape index (κ1) is 11.8. The Kier molecular flexibility index (Phi) is 2.49. The van der Waals surface area contributed by atoms with Crippen LogP contribution in [0.25, 0.3) is 0 Å². The summed E-state index contributed by atoms with van der Waals surface area (Å²) >= 11 is 0. The third-order valence-electron chi connectivity index (χ3n) is 5.89. The highest BCUT2D eigenvalue weighted by Crippen LogP contribution is 2.60. The highest BCUT2D eigenvalue weighted by atomic mass is 15.3. The molecular weight excluding hydrogens is 234 g/mol. The smallest absolute Gasteiger partial charge is 0.145 e. The van der Waals surface area contributed by atoms with E-state index in [0.29, 0.717) is 11.2 Å². The van der Waals surface area contributed by atoms with Crippen molar-refractivity contribution in [2.24, 2.45) is 23.2 Å². The van der Waals surface area contributed by atoms with E-state index in [4.69, 9.17) is 5.73 Å². The van der Waals surface area contributed by atoms with Crippen LogP contribution in [0, 0.1) is 23.2 Å². The van der Waals surface area contributed by atoms with Crippen molar-refractivity contribution in [3.05, 3.63) is 11.8 Å². The maximum absolute atomic E-state index is 5.89. The molecule has 0 unspecified atom stereocenters. The fourth-order valence-corrected chi connectivity index (χ4v) is 5.70. The van der Waals surface area contributed by atoms with Gasteiger partial charge in [0.1, 0.15) is 5.82 Å². The zero-order chi connectivity index (χ0) is 13.0. The normalized spacial score (nSPS) is 39.9. The summed E-state index contributed by atoms with van der Waals surface area (Å²) < 4.78 is 2.22. The van der Waals surface area contributed by atoms with Crippen LogP contribution in [0.15, 0.2) is 6.07 Å². The second kappa shape index (κ2) is 4.00. The average Bonchev–Trinajstić information content (AvgIpc) is 2.66. The maximum atomic E-state index is 5.89.